The van der Waals surface area contributed by atoms with Crippen molar-refractivity contribution in [3.8, 4) is 0 Å². The molecule has 2 heterocycles. The molecule has 0 amide bonds. The van der Waals surface area contributed by atoms with E-state index in [1.165, 1.54) is 6.07 Å². The van der Waals surface area contributed by atoms with Gasteiger partial charge in [0.25, 0.3) is 0 Å². The highest BCUT2D eigenvalue weighted by atomic mass is 19.2. The van der Waals surface area contributed by atoms with Crippen LogP contribution in [0.3, 0.4) is 0 Å². The Bertz CT molecular complexity index is 623. The van der Waals surface area contributed by atoms with Gasteiger partial charge in [-0.3, -0.25) is 0 Å². The quantitative estimate of drug-likeness (QED) is 0.921. The Kier molecular flexibility index (Phi) is 4.17. The lowest BCUT2D eigenvalue weighted by Gasteiger charge is -2.20. The van der Waals surface area contributed by atoms with Crippen LogP contribution < -0.4 is 5.32 Å². The summed E-state index contributed by atoms with van der Waals surface area (Å²) in [6.07, 6.45) is 4.10. The molecule has 6 heteroatoms. The Morgan fingerprint density at radius 1 is 1.43 bits per heavy atom. The Morgan fingerprint density at radius 2 is 2.24 bits per heavy atom. The summed E-state index contributed by atoms with van der Waals surface area (Å²) in [6.45, 7) is 4.33. The van der Waals surface area contributed by atoms with Crippen LogP contribution in [0.15, 0.2) is 18.5 Å². The molecule has 0 spiro atoms. The summed E-state index contributed by atoms with van der Waals surface area (Å²) in [4.78, 5) is 4.10. The fraction of sp³-hybridized carbons (Fsp3) is 0.533. The highest BCUT2D eigenvalue weighted by Crippen LogP contribution is 2.18. The zero-order valence-corrected chi connectivity index (χ0v) is 12.0. The summed E-state index contributed by atoms with van der Waals surface area (Å²) in [7, 11) is 0. The van der Waals surface area contributed by atoms with Gasteiger partial charge < -0.3 is 14.6 Å². The van der Waals surface area contributed by atoms with Gasteiger partial charge in [-0.1, -0.05) is 0 Å². The van der Waals surface area contributed by atoms with Crippen LogP contribution in [-0.2, 0) is 11.3 Å². The highest BCUT2D eigenvalue weighted by molar-refractivity contribution is 5.75. The average Bonchev–Trinajstić information content (AvgIpc) is 3.10. The molecule has 0 saturated carbocycles. The number of ether oxygens (including phenoxy) is 1. The molecule has 2 unspecified atom stereocenters. The summed E-state index contributed by atoms with van der Waals surface area (Å²) in [5.74, 6) is -1.71. The van der Waals surface area contributed by atoms with Gasteiger partial charge in [0.2, 0.25) is 0 Å². The predicted molar refractivity (Wildman–Crippen MR) is 76.1 cm³/mol. The number of imidazole rings is 1. The summed E-state index contributed by atoms with van der Waals surface area (Å²) < 4.78 is 33.9. The first-order valence-corrected chi connectivity index (χ1v) is 7.30. The molecule has 1 fully saturated rings. The van der Waals surface area contributed by atoms with Crippen LogP contribution in [0.25, 0.3) is 11.0 Å². The minimum atomic E-state index is -0.863. The van der Waals surface area contributed by atoms with E-state index in [2.05, 4.69) is 17.2 Å². The van der Waals surface area contributed by atoms with Crippen LogP contribution in [0.5, 0.6) is 0 Å². The Labute approximate surface area is 122 Å². The van der Waals surface area contributed by atoms with Gasteiger partial charge in [-0.05, 0) is 19.8 Å². The average molecular weight is 295 g/mol. The van der Waals surface area contributed by atoms with Crippen molar-refractivity contribution in [3.63, 3.8) is 0 Å². The normalized spacial score (nSPS) is 20.2. The second-order valence-electron chi connectivity index (χ2n) is 5.49. The lowest BCUT2D eigenvalue weighted by molar-refractivity contribution is 0.0835. The van der Waals surface area contributed by atoms with Crippen LogP contribution in [0.2, 0.25) is 0 Å². The summed E-state index contributed by atoms with van der Waals surface area (Å²) in [6, 6.07) is 2.61. The van der Waals surface area contributed by atoms with Crippen molar-refractivity contribution in [2.24, 2.45) is 0 Å². The Hall–Kier alpha value is -1.53. The van der Waals surface area contributed by atoms with Gasteiger partial charge in [0, 0.05) is 37.9 Å². The molecular formula is C15H19F2N3O. The number of rotatable bonds is 5. The van der Waals surface area contributed by atoms with E-state index in [-0.39, 0.29) is 12.1 Å². The third-order valence-electron chi connectivity index (χ3n) is 4.00. The van der Waals surface area contributed by atoms with Gasteiger partial charge in [-0.2, -0.15) is 0 Å². The summed E-state index contributed by atoms with van der Waals surface area (Å²) >= 11 is 0. The molecule has 0 aliphatic carbocycles. The number of fused-ring (bicyclic) bond motifs is 1. The zero-order chi connectivity index (χ0) is 14.8. The largest absolute Gasteiger partial charge is 0.377 e. The monoisotopic (exact) mass is 295 g/mol. The maximum atomic E-state index is 13.3. The van der Waals surface area contributed by atoms with Crippen LogP contribution in [0, 0.1) is 11.6 Å². The van der Waals surface area contributed by atoms with Crippen molar-refractivity contribution in [1.29, 1.82) is 0 Å². The first-order valence-electron chi connectivity index (χ1n) is 7.30. The van der Waals surface area contributed by atoms with Crippen LogP contribution >= 0.6 is 0 Å². The third-order valence-corrected chi connectivity index (χ3v) is 4.00. The second-order valence-corrected chi connectivity index (χ2v) is 5.49. The summed E-state index contributed by atoms with van der Waals surface area (Å²) in [5.41, 5.74) is 1.08. The topological polar surface area (TPSA) is 39.1 Å². The van der Waals surface area contributed by atoms with Crippen LogP contribution in [-0.4, -0.2) is 34.8 Å². The van der Waals surface area contributed by atoms with Crippen molar-refractivity contribution >= 4 is 11.0 Å². The first-order chi connectivity index (χ1) is 10.1. The van der Waals surface area contributed by atoms with E-state index < -0.39 is 11.6 Å². The van der Waals surface area contributed by atoms with E-state index >= 15 is 0 Å². The minimum absolute atomic E-state index is 0.274. The molecule has 21 heavy (non-hydrogen) atoms. The van der Waals surface area contributed by atoms with Gasteiger partial charge in [0.15, 0.2) is 11.6 Å². The van der Waals surface area contributed by atoms with Gasteiger partial charge >= 0.3 is 0 Å². The first kappa shape index (κ1) is 14.4. The van der Waals surface area contributed by atoms with E-state index in [1.807, 2.05) is 4.57 Å². The van der Waals surface area contributed by atoms with Crippen molar-refractivity contribution < 1.29 is 13.5 Å². The molecule has 1 aromatic heterocycles. The molecule has 1 saturated heterocycles. The van der Waals surface area contributed by atoms with Crippen LogP contribution in [0.4, 0.5) is 8.78 Å². The molecular weight excluding hydrogens is 276 g/mol. The number of halogens is 2. The molecule has 114 valence electrons. The van der Waals surface area contributed by atoms with Crippen molar-refractivity contribution in [1.82, 2.24) is 14.9 Å². The van der Waals surface area contributed by atoms with E-state index in [1.54, 1.807) is 6.33 Å². The van der Waals surface area contributed by atoms with Crippen molar-refractivity contribution in [2.75, 3.05) is 13.2 Å². The molecule has 0 bridgehead atoms. The smallest absolute Gasteiger partial charge is 0.161 e. The molecule has 1 aliphatic rings. The SMILES string of the molecule is CC(NCCn1cnc2cc(F)c(F)cc21)C1CCCO1. The summed E-state index contributed by atoms with van der Waals surface area (Å²) in [5, 5.41) is 3.41. The van der Waals surface area contributed by atoms with E-state index in [0.717, 1.165) is 32.1 Å². The lowest BCUT2D eigenvalue weighted by atomic mass is 10.1. The second kappa shape index (κ2) is 6.07. The van der Waals surface area contributed by atoms with E-state index in [9.17, 15) is 8.78 Å². The molecule has 2 aromatic rings. The molecule has 3 rings (SSSR count). The van der Waals surface area contributed by atoms with E-state index in [0.29, 0.717) is 17.6 Å². The number of hydrogen-bond acceptors (Lipinski definition) is 3. The fourth-order valence-electron chi connectivity index (χ4n) is 2.77. The number of nitrogens with one attached hydrogen (secondary N) is 1. The van der Waals surface area contributed by atoms with Gasteiger partial charge in [-0.15, -0.1) is 0 Å². The lowest BCUT2D eigenvalue weighted by Crippen LogP contribution is -2.38. The number of nitrogens with zero attached hydrogens (tertiary/aromatic N) is 2. The molecule has 2 atom stereocenters. The predicted octanol–water partition coefficient (Wildman–Crippen LogP) is 2.47. The third kappa shape index (κ3) is 3.06. The number of aromatic nitrogens is 2. The highest BCUT2D eigenvalue weighted by Gasteiger charge is 2.21. The maximum absolute atomic E-state index is 13.3. The Morgan fingerprint density at radius 3 is 3.00 bits per heavy atom. The van der Waals surface area contributed by atoms with Gasteiger partial charge in [-0.25, -0.2) is 13.8 Å². The standard InChI is InChI=1S/C15H19F2N3O/c1-10(15-3-2-6-21-15)18-4-5-20-9-19-13-7-11(16)12(17)8-14(13)20/h7-10,15,18H,2-6H2,1H3. The van der Waals surface area contributed by atoms with E-state index in [4.69, 9.17) is 4.74 Å². The van der Waals surface area contributed by atoms with Crippen LogP contribution in [0.1, 0.15) is 19.8 Å². The molecule has 0 radical (unpaired) electrons. The fourth-order valence-corrected chi connectivity index (χ4v) is 2.77. The number of hydrogen-bond donors (Lipinski definition) is 1. The zero-order valence-electron chi connectivity index (χ0n) is 12.0. The number of benzene rings is 1. The molecule has 1 N–H and O–H groups in total. The van der Waals surface area contributed by atoms with Gasteiger partial charge in [0.05, 0.1) is 23.5 Å². The maximum Gasteiger partial charge on any atom is 0.161 e. The molecule has 1 aromatic carbocycles. The molecule has 4 nitrogen and oxygen atoms in total. The van der Waals surface area contributed by atoms with Gasteiger partial charge in [0.1, 0.15) is 0 Å². The molecule has 1 aliphatic heterocycles. The van der Waals surface area contributed by atoms with Crippen molar-refractivity contribution in [3.05, 3.63) is 30.1 Å². The minimum Gasteiger partial charge on any atom is -0.377 e. The Balaban J connectivity index is 1.61. The van der Waals surface area contributed by atoms with Crippen molar-refractivity contribution in [2.45, 2.75) is 38.5 Å².